The van der Waals surface area contributed by atoms with Crippen LogP contribution in [0.1, 0.15) is 25.0 Å². The van der Waals surface area contributed by atoms with Crippen LogP contribution in [0.15, 0.2) is 60.7 Å². The zero-order valence-corrected chi connectivity index (χ0v) is 13.8. The van der Waals surface area contributed by atoms with Crippen LogP contribution in [0.5, 0.6) is 0 Å². The monoisotopic (exact) mass is 324 g/mol. The Labute approximate surface area is 141 Å². The second kappa shape index (κ2) is 8.67. The fourth-order valence-electron chi connectivity index (χ4n) is 2.34. The van der Waals surface area contributed by atoms with Gasteiger partial charge in [0.2, 0.25) is 0 Å². The van der Waals surface area contributed by atoms with Gasteiger partial charge in [0.25, 0.3) is 0 Å². The third-order valence-corrected chi connectivity index (χ3v) is 3.33. The summed E-state index contributed by atoms with van der Waals surface area (Å²) < 4.78 is 10.4. The van der Waals surface area contributed by atoms with Crippen molar-refractivity contribution < 1.29 is 19.1 Å². The molecule has 2 aromatic rings. The van der Waals surface area contributed by atoms with Crippen LogP contribution in [0.3, 0.4) is 0 Å². The van der Waals surface area contributed by atoms with Crippen LogP contribution in [-0.4, -0.2) is 25.2 Å². The number of benzene rings is 2. The van der Waals surface area contributed by atoms with E-state index in [0.717, 1.165) is 0 Å². The van der Waals surface area contributed by atoms with Gasteiger partial charge >= 0.3 is 11.9 Å². The van der Waals surface area contributed by atoms with E-state index in [4.69, 9.17) is 9.47 Å². The number of esters is 2. The Hall–Kier alpha value is -2.88. The number of ether oxygens (including phenoxy) is 2. The van der Waals surface area contributed by atoms with Gasteiger partial charge in [-0.05, 0) is 25.0 Å². The minimum atomic E-state index is -0.546. The van der Waals surface area contributed by atoms with Gasteiger partial charge in [-0.2, -0.15) is 0 Å². The van der Waals surface area contributed by atoms with E-state index in [1.54, 1.807) is 38.1 Å². The molecule has 0 aliphatic carbocycles. The molecule has 0 aliphatic rings. The highest BCUT2D eigenvalue weighted by atomic mass is 16.5. The van der Waals surface area contributed by atoms with Crippen molar-refractivity contribution in [3.8, 4) is 0 Å². The minimum absolute atomic E-state index is 0.210. The molecule has 0 amide bonds. The molecular weight excluding hydrogens is 304 g/mol. The molecule has 24 heavy (non-hydrogen) atoms. The fourth-order valence-corrected chi connectivity index (χ4v) is 2.34. The van der Waals surface area contributed by atoms with Crippen molar-refractivity contribution in [2.45, 2.75) is 13.8 Å². The maximum absolute atomic E-state index is 12.6. The number of carbonyl (C=O) groups excluding carboxylic acids is 2. The van der Waals surface area contributed by atoms with Crippen molar-refractivity contribution in [1.82, 2.24) is 0 Å². The molecule has 0 saturated heterocycles. The Morgan fingerprint density at radius 1 is 0.667 bits per heavy atom. The zero-order valence-electron chi connectivity index (χ0n) is 13.8. The Morgan fingerprint density at radius 2 is 1.00 bits per heavy atom. The van der Waals surface area contributed by atoms with E-state index in [0.29, 0.717) is 11.1 Å². The molecule has 4 heteroatoms. The fraction of sp³-hybridized carbons (Fsp3) is 0.200. The minimum Gasteiger partial charge on any atom is -0.462 e. The largest absolute Gasteiger partial charge is 0.462 e. The lowest BCUT2D eigenvalue weighted by molar-refractivity contribution is -0.138. The van der Waals surface area contributed by atoms with E-state index < -0.39 is 11.9 Å². The Kier molecular flexibility index (Phi) is 6.32. The topological polar surface area (TPSA) is 52.6 Å². The quantitative estimate of drug-likeness (QED) is 0.462. The molecule has 0 bridgehead atoms. The van der Waals surface area contributed by atoms with E-state index in [1.807, 2.05) is 36.4 Å². The lowest BCUT2D eigenvalue weighted by atomic mass is 9.94. The molecule has 0 atom stereocenters. The third-order valence-electron chi connectivity index (χ3n) is 3.33. The van der Waals surface area contributed by atoms with Crippen LogP contribution in [-0.2, 0) is 19.1 Å². The normalized spacial score (nSPS) is 11.4. The predicted octanol–water partition coefficient (Wildman–Crippen LogP) is 3.72. The van der Waals surface area contributed by atoms with Gasteiger partial charge in [0.1, 0.15) is 0 Å². The summed E-state index contributed by atoms with van der Waals surface area (Å²) in [6, 6.07) is 18.0. The third kappa shape index (κ3) is 4.10. The van der Waals surface area contributed by atoms with Crippen molar-refractivity contribution >= 4 is 23.1 Å². The number of carbonyl (C=O) groups is 2. The van der Waals surface area contributed by atoms with Crippen molar-refractivity contribution in [2.75, 3.05) is 13.2 Å². The second-order valence-electron chi connectivity index (χ2n) is 4.92. The van der Waals surface area contributed by atoms with Gasteiger partial charge in [0, 0.05) is 0 Å². The average molecular weight is 324 g/mol. The van der Waals surface area contributed by atoms with Crippen molar-refractivity contribution in [1.29, 1.82) is 0 Å². The van der Waals surface area contributed by atoms with E-state index in [2.05, 4.69) is 0 Å². The molecule has 4 nitrogen and oxygen atoms in total. The highest BCUT2D eigenvalue weighted by Gasteiger charge is 2.25. The molecule has 124 valence electrons. The first-order chi connectivity index (χ1) is 11.7. The van der Waals surface area contributed by atoms with Crippen LogP contribution < -0.4 is 0 Å². The van der Waals surface area contributed by atoms with E-state index in [-0.39, 0.29) is 24.4 Å². The molecule has 0 saturated carbocycles. The maximum Gasteiger partial charge on any atom is 0.339 e. The molecule has 0 radical (unpaired) electrons. The van der Waals surface area contributed by atoms with Crippen molar-refractivity contribution in [3.63, 3.8) is 0 Å². The van der Waals surface area contributed by atoms with Gasteiger partial charge in [-0.1, -0.05) is 60.7 Å². The molecule has 2 rings (SSSR count). The molecule has 0 heterocycles. The molecular formula is C20H20O4. The molecule has 0 spiro atoms. The van der Waals surface area contributed by atoms with Gasteiger partial charge in [-0.25, -0.2) is 9.59 Å². The summed E-state index contributed by atoms with van der Waals surface area (Å²) in [5.74, 6) is -1.09. The summed E-state index contributed by atoms with van der Waals surface area (Å²) in [4.78, 5) is 25.2. The summed E-state index contributed by atoms with van der Waals surface area (Å²) in [6.07, 6.45) is 0. The highest BCUT2D eigenvalue weighted by molar-refractivity contribution is 6.37. The van der Waals surface area contributed by atoms with Crippen LogP contribution in [0, 0.1) is 0 Å². The molecule has 0 fully saturated rings. The number of hydrogen-bond donors (Lipinski definition) is 0. The lowest BCUT2D eigenvalue weighted by Crippen LogP contribution is -2.15. The van der Waals surface area contributed by atoms with Gasteiger partial charge in [-0.3, -0.25) is 0 Å². The van der Waals surface area contributed by atoms with Crippen molar-refractivity contribution in [3.05, 3.63) is 71.8 Å². The van der Waals surface area contributed by atoms with Crippen LogP contribution in [0.4, 0.5) is 0 Å². The van der Waals surface area contributed by atoms with Crippen LogP contribution >= 0.6 is 0 Å². The highest BCUT2D eigenvalue weighted by Crippen LogP contribution is 2.29. The van der Waals surface area contributed by atoms with Gasteiger partial charge in [0.15, 0.2) is 0 Å². The molecule has 0 aliphatic heterocycles. The van der Waals surface area contributed by atoms with Crippen LogP contribution in [0.2, 0.25) is 0 Å². The average Bonchev–Trinajstić information content (AvgIpc) is 2.61. The van der Waals surface area contributed by atoms with E-state index in [1.165, 1.54) is 0 Å². The smallest absolute Gasteiger partial charge is 0.339 e. The predicted molar refractivity (Wildman–Crippen MR) is 93.0 cm³/mol. The summed E-state index contributed by atoms with van der Waals surface area (Å²) >= 11 is 0. The van der Waals surface area contributed by atoms with E-state index >= 15 is 0 Å². The van der Waals surface area contributed by atoms with E-state index in [9.17, 15) is 9.59 Å². The summed E-state index contributed by atoms with van der Waals surface area (Å²) in [7, 11) is 0. The molecule has 0 unspecified atom stereocenters. The van der Waals surface area contributed by atoms with Crippen LogP contribution in [0.25, 0.3) is 11.1 Å². The lowest BCUT2D eigenvalue weighted by Gasteiger charge is -2.14. The first kappa shape index (κ1) is 17.5. The first-order valence-corrected chi connectivity index (χ1v) is 7.88. The summed E-state index contributed by atoms with van der Waals surface area (Å²) in [5, 5.41) is 0. The summed E-state index contributed by atoms with van der Waals surface area (Å²) in [5.41, 5.74) is 1.65. The maximum atomic E-state index is 12.6. The van der Waals surface area contributed by atoms with Gasteiger partial charge in [-0.15, -0.1) is 0 Å². The van der Waals surface area contributed by atoms with Gasteiger partial charge in [0.05, 0.1) is 24.4 Å². The SMILES string of the molecule is CCOC(=O)/C(=C(\C(=O)OCC)c1ccccc1)c1ccccc1. The van der Waals surface area contributed by atoms with Crippen molar-refractivity contribution in [2.24, 2.45) is 0 Å². The number of rotatable bonds is 6. The standard InChI is InChI=1S/C20H20O4/c1-3-23-19(21)17(15-11-7-5-8-12-15)18(20(22)24-4-2)16-13-9-6-10-14-16/h5-14H,3-4H2,1-2H3/b18-17-. The molecule has 0 aromatic heterocycles. The summed E-state index contributed by atoms with van der Waals surface area (Å²) in [6.45, 7) is 3.90. The first-order valence-electron chi connectivity index (χ1n) is 7.88. The van der Waals surface area contributed by atoms with Gasteiger partial charge < -0.3 is 9.47 Å². The Bertz CT molecular complexity index is 654. The zero-order chi connectivity index (χ0) is 17.4. The molecule has 0 N–H and O–H groups in total. The number of hydrogen-bond acceptors (Lipinski definition) is 4. The Balaban J connectivity index is 2.72. The second-order valence-corrected chi connectivity index (χ2v) is 4.92. The molecule has 2 aromatic carbocycles. The Morgan fingerprint density at radius 3 is 1.29 bits per heavy atom.